The van der Waals surface area contributed by atoms with Crippen LogP contribution in [0, 0.1) is 18.8 Å². The van der Waals surface area contributed by atoms with E-state index in [0.717, 1.165) is 17.7 Å². The lowest BCUT2D eigenvalue weighted by atomic mass is 9.73. The van der Waals surface area contributed by atoms with E-state index in [1.165, 1.54) is 0 Å². The second-order valence-corrected chi connectivity index (χ2v) is 5.79. The molecular weight excluding hydrogens is 282 g/mol. The van der Waals surface area contributed by atoms with E-state index in [0.29, 0.717) is 19.4 Å². The molecular formula is C17H23NO4. The highest BCUT2D eigenvalue weighted by Crippen LogP contribution is 2.34. The van der Waals surface area contributed by atoms with Gasteiger partial charge in [0.1, 0.15) is 11.9 Å². The van der Waals surface area contributed by atoms with Crippen molar-refractivity contribution < 1.29 is 19.4 Å². The third kappa shape index (κ3) is 3.78. The molecule has 1 fully saturated rings. The predicted molar refractivity (Wildman–Crippen MR) is 82.7 cm³/mol. The highest BCUT2D eigenvalue weighted by Gasteiger charge is 2.41. The molecule has 2 N–H and O–H groups in total. The molecule has 0 saturated heterocycles. The maximum absolute atomic E-state index is 12.0. The highest BCUT2D eigenvalue weighted by molar-refractivity contribution is 5.86. The van der Waals surface area contributed by atoms with E-state index < -0.39 is 17.8 Å². The number of carbonyl (C=O) groups is 2. The van der Waals surface area contributed by atoms with Crippen molar-refractivity contribution >= 4 is 11.9 Å². The van der Waals surface area contributed by atoms with Gasteiger partial charge in [-0.25, -0.2) is 0 Å². The Morgan fingerprint density at radius 1 is 1.32 bits per heavy atom. The summed E-state index contributed by atoms with van der Waals surface area (Å²) in [6, 6.07) is 7.76. The Morgan fingerprint density at radius 2 is 2.00 bits per heavy atom. The van der Waals surface area contributed by atoms with Gasteiger partial charge in [-0.3, -0.25) is 9.59 Å². The second-order valence-electron chi connectivity index (χ2n) is 5.79. The number of carbonyl (C=O) groups excluding carboxylic acids is 1. The quantitative estimate of drug-likeness (QED) is 0.811. The Hall–Kier alpha value is -2.04. The van der Waals surface area contributed by atoms with Crippen LogP contribution < -0.4 is 10.1 Å². The largest absolute Gasteiger partial charge is 0.488 e. The van der Waals surface area contributed by atoms with Crippen LogP contribution in [-0.4, -0.2) is 29.6 Å². The van der Waals surface area contributed by atoms with Crippen molar-refractivity contribution in [3.05, 3.63) is 29.8 Å². The molecule has 0 spiro atoms. The van der Waals surface area contributed by atoms with Crippen molar-refractivity contribution in [1.82, 2.24) is 5.32 Å². The fourth-order valence-electron chi connectivity index (χ4n) is 2.59. The number of para-hydroxylation sites is 1. The third-order valence-corrected chi connectivity index (χ3v) is 4.27. The molecule has 0 radical (unpaired) electrons. The summed E-state index contributed by atoms with van der Waals surface area (Å²) in [6.07, 6.45) is 1.89. The first kappa shape index (κ1) is 16.3. The Bertz CT molecular complexity index is 543. The number of carboxylic acids is 1. The zero-order chi connectivity index (χ0) is 16.1. The molecule has 0 aromatic heterocycles. The van der Waals surface area contributed by atoms with Crippen LogP contribution in [0.2, 0.25) is 0 Å². The maximum Gasteiger partial charge on any atom is 0.307 e. The van der Waals surface area contributed by atoms with Crippen LogP contribution >= 0.6 is 0 Å². The van der Waals surface area contributed by atoms with Gasteiger partial charge < -0.3 is 15.2 Å². The van der Waals surface area contributed by atoms with Crippen LogP contribution in [0.3, 0.4) is 0 Å². The van der Waals surface area contributed by atoms with Gasteiger partial charge in [0.2, 0.25) is 5.91 Å². The Balaban J connectivity index is 1.85. The van der Waals surface area contributed by atoms with Gasteiger partial charge >= 0.3 is 5.97 Å². The molecule has 1 aromatic carbocycles. The zero-order valence-corrected chi connectivity index (χ0v) is 13.0. The molecule has 5 heteroatoms. The number of rotatable bonds is 7. The van der Waals surface area contributed by atoms with Gasteiger partial charge in [0.15, 0.2) is 0 Å². The van der Waals surface area contributed by atoms with E-state index in [1.807, 2.05) is 38.1 Å². The van der Waals surface area contributed by atoms with Crippen LogP contribution in [0.15, 0.2) is 24.3 Å². The van der Waals surface area contributed by atoms with Gasteiger partial charge in [-0.15, -0.1) is 0 Å². The van der Waals surface area contributed by atoms with Crippen LogP contribution in [-0.2, 0) is 9.59 Å². The van der Waals surface area contributed by atoms with Gasteiger partial charge in [-0.05, 0) is 37.8 Å². The van der Waals surface area contributed by atoms with E-state index in [-0.39, 0.29) is 12.0 Å². The summed E-state index contributed by atoms with van der Waals surface area (Å²) >= 11 is 0. The number of hydrogen-bond donors (Lipinski definition) is 2. The average molecular weight is 305 g/mol. The zero-order valence-electron chi connectivity index (χ0n) is 13.0. The lowest BCUT2D eigenvalue weighted by Gasteiger charge is -2.32. The molecule has 2 rings (SSSR count). The highest BCUT2D eigenvalue weighted by atomic mass is 16.5. The van der Waals surface area contributed by atoms with Gasteiger partial charge in [-0.1, -0.05) is 25.1 Å². The van der Waals surface area contributed by atoms with Crippen molar-refractivity contribution in [2.45, 2.75) is 39.2 Å². The first-order chi connectivity index (χ1) is 10.5. The Morgan fingerprint density at radius 3 is 2.55 bits per heavy atom. The number of amides is 1. The van der Waals surface area contributed by atoms with E-state index in [9.17, 15) is 9.59 Å². The maximum atomic E-state index is 12.0. The summed E-state index contributed by atoms with van der Waals surface area (Å²) in [7, 11) is 0. The van der Waals surface area contributed by atoms with Crippen molar-refractivity contribution in [2.24, 2.45) is 11.8 Å². The van der Waals surface area contributed by atoms with Crippen molar-refractivity contribution in [2.75, 3.05) is 6.54 Å². The molecule has 22 heavy (non-hydrogen) atoms. The molecule has 1 saturated carbocycles. The molecule has 0 aliphatic heterocycles. The molecule has 5 nitrogen and oxygen atoms in total. The number of nitrogens with one attached hydrogen (secondary N) is 1. The van der Waals surface area contributed by atoms with Crippen molar-refractivity contribution in [1.29, 1.82) is 0 Å². The summed E-state index contributed by atoms with van der Waals surface area (Å²) in [5.74, 6) is -1.17. The normalized spacial score (nSPS) is 21.5. The molecule has 0 heterocycles. The number of benzene rings is 1. The molecule has 1 aliphatic carbocycles. The van der Waals surface area contributed by atoms with Gasteiger partial charge in [0, 0.05) is 0 Å². The van der Waals surface area contributed by atoms with Crippen LogP contribution in [0.1, 0.15) is 31.7 Å². The Kier molecular flexibility index (Phi) is 5.41. The SMILES string of the molecule is CCC(CNC(=O)C1CCC1C(=O)O)Oc1ccccc1C. The van der Waals surface area contributed by atoms with Gasteiger partial charge in [0.05, 0.1) is 18.4 Å². The first-order valence-corrected chi connectivity index (χ1v) is 7.75. The average Bonchev–Trinajstić information content (AvgIpc) is 2.43. The minimum Gasteiger partial charge on any atom is -0.488 e. The minimum absolute atomic E-state index is 0.117. The van der Waals surface area contributed by atoms with Crippen molar-refractivity contribution in [3.8, 4) is 5.75 Å². The van der Waals surface area contributed by atoms with Gasteiger partial charge in [0.25, 0.3) is 0 Å². The second kappa shape index (κ2) is 7.29. The summed E-state index contributed by atoms with van der Waals surface area (Å²) < 4.78 is 5.92. The van der Waals surface area contributed by atoms with E-state index in [4.69, 9.17) is 9.84 Å². The lowest BCUT2D eigenvalue weighted by molar-refractivity contribution is -0.152. The number of carboxylic acid groups (broad SMARTS) is 1. The molecule has 120 valence electrons. The van der Waals surface area contributed by atoms with Crippen LogP contribution in [0.25, 0.3) is 0 Å². The minimum atomic E-state index is -0.880. The molecule has 3 unspecified atom stereocenters. The summed E-state index contributed by atoms with van der Waals surface area (Å²) in [4.78, 5) is 23.0. The molecule has 0 bridgehead atoms. The van der Waals surface area contributed by atoms with Crippen LogP contribution in [0.4, 0.5) is 0 Å². The fraction of sp³-hybridized carbons (Fsp3) is 0.529. The van der Waals surface area contributed by atoms with E-state index in [1.54, 1.807) is 0 Å². The van der Waals surface area contributed by atoms with Crippen LogP contribution in [0.5, 0.6) is 5.75 Å². The van der Waals surface area contributed by atoms with E-state index >= 15 is 0 Å². The standard InChI is InChI=1S/C17H23NO4/c1-3-12(22-15-7-5-4-6-11(15)2)10-18-16(19)13-8-9-14(13)17(20)21/h4-7,12-14H,3,8-10H2,1-2H3,(H,18,19)(H,20,21). The predicted octanol–water partition coefficient (Wildman–Crippen LogP) is 2.38. The first-order valence-electron chi connectivity index (χ1n) is 7.75. The number of aryl methyl sites for hydroxylation is 1. The molecule has 1 aromatic rings. The Labute approximate surface area is 130 Å². The molecule has 1 amide bonds. The van der Waals surface area contributed by atoms with Gasteiger partial charge in [-0.2, -0.15) is 0 Å². The molecule has 1 aliphatic rings. The smallest absolute Gasteiger partial charge is 0.307 e. The van der Waals surface area contributed by atoms with Crippen molar-refractivity contribution in [3.63, 3.8) is 0 Å². The lowest BCUT2D eigenvalue weighted by Crippen LogP contribution is -2.46. The topological polar surface area (TPSA) is 75.6 Å². The number of hydrogen-bond acceptors (Lipinski definition) is 3. The number of ether oxygens (including phenoxy) is 1. The fourth-order valence-corrected chi connectivity index (χ4v) is 2.59. The molecule has 3 atom stereocenters. The number of aliphatic carboxylic acids is 1. The third-order valence-electron chi connectivity index (χ3n) is 4.27. The van der Waals surface area contributed by atoms with E-state index in [2.05, 4.69) is 5.32 Å². The monoisotopic (exact) mass is 305 g/mol. The summed E-state index contributed by atoms with van der Waals surface area (Å²) in [5.41, 5.74) is 1.05. The summed E-state index contributed by atoms with van der Waals surface area (Å²) in [6.45, 7) is 4.37. The summed E-state index contributed by atoms with van der Waals surface area (Å²) in [5, 5.41) is 11.8.